The largest absolute Gasteiger partial charge is 0.465 e. The van der Waals surface area contributed by atoms with Crippen molar-refractivity contribution >= 4 is 37.6 Å². The third-order valence-electron chi connectivity index (χ3n) is 3.07. The number of nitrogens with zero attached hydrogens (tertiary/aromatic N) is 1. The number of rotatable bonds is 10. The Labute approximate surface area is 148 Å². The SMILES string of the molecule is CCCCOC(=O)[C@@H](CCBr)NS(=O)(=O)c1ccccc1[N+](=O)[O-]. The smallest absolute Gasteiger partial charge is 0.324 e. The van der Waals surface area contributed by atoms with Crippen LogP contribution in [0.5, 0.6) is 0 Å². The molecule has 0 aliphatic heterocycles. The molecule has 0 saturated heterocycles. The van der Waals surface area contributed by atoms with Crippen LogP contribution < -0.4 is 4.72 Å². The van der Waals surface area contributed by atoms with Gasteiger partial charge in [0, 0.05) is 11.4 Å². The van der Waals surface area contributed by atoms with E-state index < -0.39 is 37.5 Å². The first-order valence-electron chi connectivity index (χ1n) is 7.31. The highest BCUT2D eigenvalue weighted by Crippen LogP contribution is 2.23. The van der Waals surface area contributed by atoms with Gasteiger partial charge in [-0.1, -0.05) is 41.4 Å². The second-order valence-corrected chi connectivity index (χ2v) is 7.37. The lowest BCUT2D eigenvalue weighted by Crippen LogP contribution is -2.42. The maximum Gasteiger partial charge on any atom is 0.324 e. The Balaban J connectivity index is 3.00. The summed E-state index contributed by atoms with van der Waals surface area (Å²) in [5, 5.41) is 11.4. The van der Waals surface area contributed by atoms with E-state index >= 15 is 0 Å². The van der Waals surface area contributed by atoms with E-state index in [4.69, 9.17) is 4.74 Å². The minimum atomic E-state index is -4.25. The number of halogens is 1. The number of hydrogen-bond donors (Lipinski definition) is 1. The number of nitro groups is 1. The second kappa shape index (κ2) is 9.70. The van der Waals surface area contributed by atoms with Gasteiger partial charge in [0.25, 0.3) is 5.69 Å². The minimum absolute atomic E-state index is 0.158. The predicted molar refractivity (Wildman–Crippen MR) is 91.5 cm³/mol. The van der Waals surface area contributed by atoms with Gasteiger partial charge in [-0.15, -0.1) is 0 Å². The van der Waals surface area contributed by atoms with Crippen molar-refractivity contribution in [1.82, 2.24) is 4.72 Å². The molecule has 0 amide bonds. The molecule has 10 heteroatoms. The average Bonchev–Trinajstić information content (AvgIpc) is 2.54. The van der Waals surface area contributed by atoms with Gasteiger partial charge in [-0.25, -0.2) is 8.42 Å². The Morgan fingerprint density at radius 3 is 2.67 bits per heavy atom. The number of unbranched alkanes of at least 4 members (excludes halogenated alkanes) is 1. The van der Waals surface area contributed by atoms with Crippen LogP contribution in [-0.2, 0) is 19.6 Å². The average molecular weight is 423 g/mol. The van der Waals surface area contributed by atoms with Crippen LogP contribution in [0.25, 0.3) is 0 Å². The van der Waals surface area contributed by atoms with Crippen molar-refractivity contribution in [3.05, 3.63) is 34.4 Å². The van der Waals surface area contributed by atoms with Gasteiger partial charge in [0.05, 0.1) is 11.5 Å². The van der Waals surface area contributed by atoms with Crippen molar-refractivity contribution in [2.75, 3.05) is 11.9 Å². The van der Waals surface area contributed by atoms with Gasteiger partial charge in [-0.3, -0.25) is 14.9 Å². The summed E-state index contributed by atoms with van der Waals surface area (Å²) in [4.78, 5) is 21.8. The highest BCUT2D eigenvalue weighted by molar-refractivity contribution is 9.09. The summed E-state index contributed by atoms with van der Waals surface area (Å²) in [6.45, 7) is 2.13. The van der Waals surface area contributed by atoms with Crippen LogP contribution in [0.3, 0.4) is 0 Å². The van der Waals surface area contributed by atoms with Crippen molar-refractivity contribution < 1.29 is 22.9 Å². The molecule has 1 aromatic carbocycles. The maximum atomic E-state index is 12.4. The minimum Gasteiger partial charge on any atom is -0.465 e. The number of sulfonamides is 1. The van der Waals surface area contributed by atoms with E-state index in [0.717, 1.165) is 18.6 Å². The molecule has 0 aromatic heterocycles. The van der Waals surface area contributed by atoms with Crippen LogP contribution in [0.4, 0.5) is 5.69 Å². The zero-order chi connectivity index (χ0) is 18.2. The van der Waals surface area contributed by atoms with Crippen LogP contribution in [0, 0.1) is 10.1 Å². The van der Waals surface area contributed by atoms with Gasteiger partial charge in [0.15, 0.2) is 4.90 Å². The summed E-state index contributed by atoms with van der Waals surface area (Å²) in [7, 11) is -4.25. The summed E-state index contributed by atoms with van der Waals surface area (Å²) in [5.41, 5.74) is -0.554. The molecule has 0 spiro atoms. The van der Waals surface area contributed by atoms with Crippen molar-refractivity contribution in [3.8, 4) is 0 Å². The molecule has 24 heavy (non-hydrogen) atoms. The van der Waals surface area contributed by atoms with Crippen LogP contribution in [0.1, 0.15) is 26.2 Å². The zero-order valence-corrected chi connectivity index (χ0v) is 15.5. The molecule has 0 unspecified atom stereocenters. The molecule has 1 N–H and O–H groups in total. The van der Waals surface area contributed by atoms with Crippen molar-refractivity contribution in [3.63, 3.8) is 0 Å². The lowest BCUT2D eigenvalue weighted by molar-refractivity contribution is -0.387. The number of ether oxygens (including phenoxy) is 1. The molecule has 0 fully saturated rings. The Kier molecular flexibility index (Phi) is 8.29. The summed E-state index contributed by atoms with van der Waals surface area (Å²) < 4.78 is 32.1. The fourth-order valence-electron chi connectivity index (χ4n) is 1.84. The van der Waals surface area contributed by atoms with Gasteiger partial charge < -0.3 is 4.74 Å². The van der Waals surface area contributed by atoms with E-state index in [1.54, 1.807) is 0 Å². The molecule has 0 heterocycles. The first kappa shape index (κ1) is 20.5. The number of hydrogen-bond acceptors (Lipinski definition) is 6. The number of nitro benzene ring substituents is 1. The number of carbonyl (C=O) groups is 1. The molecule has 0 aliphatic rings. The molecule has 0 radical (unpaired) electrons. The van der Waals surface area contributed by atoms with E-state index in [1.165, 1.54) is 12.1 Å². The van der Waals surface area contributed by atoms with E-state index in [9.17, 15) is 23.3 Å². The maximum absolute atomic E-state index is 12.4. The Hall–Kier alpha value is -1.52. The van der Waals surface area contributed by atoms with Crippen molar-refractivity contribution in [2.45, 2.75) is 37.1 Å². The highest BCUT2D eigenvalue weighted by Gasteiger charge is 2.31. The monoisotopic (exact) mass is 422 g/mol. The molecule has 134 valence electrons. The van der Waals surface area contributed by atoms with Crippen LogP contribution in [0.15, 0.2) is 29.2 Å². The Morgan fingerprint density at radius 1 is 1.42 bits per heavy atom. The highest BCUT2D eigenvalue weighted by atomic mass is 79.9. The number of para-hydroxylation sites is 1. The van der Waals surface area contributed by atoms with Gasteiger partial charge in [-0.05, 0) is 18.9 Å². The fraction of sp³-hybridized carbons (Fsp3) is 0.500. The molecule has 0 bridgehead atoms. The second-order valence-electron chi connectivity index (χ2n) is 4.90. The summed E-state index contributed by atoms with van der Waals surface area (Å²) in [6, 6.07) is 3.83. The number of alkyl halides is 1. The normalized spacial score (nSPS) is 12.6. The quantitative estimate of drug-likeness (QED) is 0.203. The van der Waals surface area contributed by atoms with Gasteiger partial charge in [0.2, 0.25) is 10.0 Å². The Bertz CT molecular complexity index is 680. The van der Waals surface area contributed by atoms with Gasteiger partial charge >= 0.3 is 5.97 Å². The van der Waals surface area contributed by atoms with Crippen molar-refractivity contribution in [1.29, 1.82) is 0 Å². The third kappa shape index (κ3) is 5.84. The van der Waals surface area contributed by atoms with E-state index in [1.807, 2.05) is 6.92 Å². The molecule has 0 aliphatic carbocycles. The van der Waals surface area contributed by atoms with E-state index in [2.05, 4.69) is 20.7 Å². The lowest BCUT2D eigenvalue weighted by atomic mass is 10.2. The number of nitrogens with one attached hydrogen (secondary N) is 1. The molecule has 8 nitrogen and oxygen atoms in total. The zero-order valence-electron chi connectivity index (χ0n) is 13.1. The summed E-state index contributed by atoms with van der Waals surface area (Å²) >= 11 is 3.15. The van der Waals surface area contributed by atoms with Crippen LogP contribution >= 0.6 is 15.9 Å². The van der Waals surface area contributed by atoms with Crippen LogP contribution in [-0.4, -0.2) is 37.3 Å². The first-order chi connectivity index (χ1) is 11.3. The third-order valence-corrected chi connectivity index (χ3v) is 5.05. The van der Waals surface area contributed by atoms with Crippen LogP contribution in [0.2, 0.25) is 0 Å². The Morgan fingerprint density at radius 2 is 2.08 bits per heavy atom. The molecule has 1 atom stereocenters. The first-order valence-corrected chi connectivity index (χ1v) is 9.92. The van der Waals surface area contributed by atoms with E-state index in [-0.39, 0.29) is 13.0 Å². The predicted octanol–water partition coefficient (Wildman–Crippen LogP) is 2.37. The number of benzene rings is 1. The lowest BCUT2D eigenvalue weighted by Gasteiger charge is -2.17. The van der Waals surface area contributed by atoms with Crippen molar-refractivity contribution in [2.24, 2.45) is 0 Å². The molecule has 0 saturated carbocycles. The fourth-order valence-corrected chi connectivity index (χ4v) is 3.69. The molecule has 1 aromatic rings. The summed E-state index contributed by atoms with van der Waals surface area (Å²) in [6.07, 6.45) is 1.66. The van der Waals surface area contributed by atoms with Gasteiger partial charge in [-0.2, -0.15) is 4.72 Å². The topological polar surface area (TPSA) is 116 Å². The number of carbonyl (C=O) groups excluding carboxylic acids is 1. The standard InChI is InChI=1S/C14H19BrN2O6S/c1-2-3-10-23-14(18)11(8-9-15)16-24(21,22)13-7-5-4-6-12(13)17(19)20/h4-7,11,16H,2-3,8-10H2,1H3/t11-/m1/s1. The molecular formula is C14H19BrN2O6S. The van der Waals surface area contributed by atoms with E-state index in [0.29, 0.717) is 11.8 Å². The molecular weight excluding hydrogens is 404 g/mol. The number of esters is 1. The molecule has 1 rings (SSSR count). The summed E-state index contributed by atoms with van der Waals surface area (Å²) in [5.74, 6) is -0.704. The van der Waals surface area contributed by atoms with Gasteiger partial charge in [0.1, 0.15) is 6.04 Å².